The monoisotopic (exact) mass is 347 g/mol. The van der Waals surface area contributed by atoms with Crippen molar-refractivity contribution in [2.45, 2.75) is 18.6 Å². The van der Waals surface area contributed by atoms with Crippen LogP contribution in [0.2, 0.25) is 0 Å². The molecule has 0 saturated carbocycles. The lowest BCUT2D eigenvalue weighted by atomic mass is 9.82. The first-order valence-corrected chi connectivity index (χ1v) is 8.10. The smallest absolute Gasteiger partial charge is 0.310 e. The van der Waals surface area contributed by atoms with Crippen LogP contribution in [-0.4, -0.2) is 50.0 Å². The van der Waals surface area contributed by atoms with E-state index in [1.54, 1.807) is 26.4 Å². The largest absolute Gasteiger partial charge is 0.493 e. The van der Waals surface area contributed by atoms with E-state index in [-0.39, 0.29) is 5.91 Å². The predicted octanol–water partition coefficient (Wildman–Crippen LogP) is 1.02. The standard InChI is InChI=1S/C18H21NO6/c1-23-11-4-3-10(9-14(11)24-2)7-8-19-17(20)15-12-5-6-13(25-12)16(15)18(21)22/h3-6,9,12-13,15-16H,7-8H2,1-2H3,(H,19,20)(H,21,22)/t12-,13-,15-,16-/m1/s1. The summed E-state index contributed by atoms with van der Waals surface area (Å²) in [6.07, 6.45) is 3.12. The van der Waals surface area contributed by atoms with Gasteiger partial charge in [-0.15, -0.1) is 0 Å². The molecular weight excluding hydrogens is 326 g/mol. The number of benzene rings is 1. The molecule has 0 unspecified atom stereocenters. The van der Waals surface area contributed by atoms with Gasteiger partial charge in [-0.1, -0.05) is 18.2 Å². The molecular formula is C18H21NO6. The van der Waals surface area contributed by atoms with Gasteiger partial charge in [0.2, 0.25) is 5.91 Å². The topological polar surface area (TPSA) is 94.1 Å². The van der Waals surface area contributed by atoms with E-state index in [4.69, 9.17) is 14.2 Å². The first-order chi connectivity index (χ1) is 12.0. The molecule has 2 N–H and O–H groups in total. The molecule has 2 bridgehead atoms. The molecule has 0 aliphatic carbocycles. The summed E-state index contributed by atoms with van der Waals surface area (Å²) in [5.41, 5.74) is 0.983. The minimum atomic E-state index is -1.00. The van der Waals surface area contributed by atoms with Crippen LogP contribution in [0.5, 0.6) is 11.5 Å². The number of hydrogen-bond acceptors (Lipinski definition) is 5. The number of fused-ring (bicyclic) bond motifs is 2. The molecule has 134 valence electrons. The number of amides is 1. The van der Waals surface area contributed by atoms with E-state index in [0.29, 0.717) is 24.5 Å². The highest BCUT2D eigenvalue weighted by Gasteiger charge is 2.53. The molecule has 0 spiro atoms. The molecule has 0 aromatic heterocycles. The third kappa shape index (κ3) is 3.32. The molecule has 2 aliphatic heterocycles. The lowest BCUT2D eigenvalue weighted by Crippen LogP contribution is -2.43. The number of ether oxygens (including phenoxy) is 3. The number of methoxy groups -OCH3 is 2. The number of carbonyl (C=O) groups excluding carboxylic acids is 1. The second-order valence-corrected chi connectivity index (χ2v) is 6.07. The van der Waals surface area contributed by atoms with Crippen LogP contribution in [-0.2, 0) is 20.7 Å². The van der Waals surface area contributed by atoms with Crippen LogP contribution in [0.3, 0.4) is 0 Å². The first-order valence-electron chi connectivity index (χ1n) is 8.10. The van der Waals surface area contributed by atoms with Gasteiger partial charge in [-0.3, -0.25) is 9.59 Å². The van der Waals surface area contributed by atoms with Crippen LogP contribution in [0.1, 0.15) is 5.56 Å². The molecule has 3 rings (SSSR count). The molecule has 4 atom stereocenters. The fourth-order valence-electron chi connectivity index (χ4n) is 3.40. The summed E-state index contributed by atoms with van der Waals surface area (Å²) in [6, 6.07) is 5.57. The summed E-state index contributed by atoms with van der Waals surface area (Å²) in [7, 11) is 3.14. The normalized spacial score (nSPS) is 26.5. The van der Waals surface area contributed by atoms with Crippen molar-refractivity contribution in [3.05, 3.63) is 35.9 Å². The van der Waals surface area contributed by atoms with Crippen molar-refractivity contribution in [1.82, 2.24) is 5.32 Å². The summed E-state index contributed by atoms with van der Waals surface area (Å²) in [4.78, 5) is 23.8. The van der Waals surface area contributed by atoms with E-state index in [1.807, 2.05) is 18.2 Å². The Balaban J connectivity index is 1.58. The van der Waals surface area contributed by atoms with Crippen LogP contribution >= 0.6 is 0 Å². The Bertz CT molecular complexity index is 701. The molecule has 1 aromatic rings. The second kappa shape index (κ2) is 7.14. The Kier molecular flexibility index (Phi) is 4.94. The summed E-state index contributed by atoms with van der Waals surface area (Å²) in [6.45, 7) is 0.401. The van der Waals surface area contributed by atoms with E-state index in [2.05, 4.69) is 5.32 Å². The number of carbonyl (C=O) groups is 2. The van der Waals surface area contributed by atoms with Crippen LogP contribution < -0.4 is 14.8 Å². The maximum absolute atomic E-state index is 12.4. The molecule has 1 aromatic carbocycles. The van der Waals surface area contributed by atoms with Gasteiger partial charge in [-0.25, -0.2) is 0 Å². The van der Waals surface area contributed by atoms with Crippen LogP contribution in [0.25, 0.3) is 0 Å². The van der Waals surface area contributed by atoms with Crippen molar-refractivity contribution in [2.24, 2.45) is 11.8 Å². The third-order valence-electron chi connectivity index (χ3n) is 4.65. The van der Waals surface area contributed by atoms with Crippen molar-refractivity contribution in [3.8, 4) is 11.5 Å². The van der Waals surface area contributed by atoms with Gasteiger partial charge in [0.1, 0.15) is 5.92 Å². The molecule has 7 heteroatoms. The van der Waals surface area contributed by atoms with Gasteiger partial charge in [0, 0.05) is 6.54 Å². The van der Waals surface area contributed by atoms with Gasteiger partial charge < -0.3 is 24.6 Å². The van der Waals surface area contributed by atoms with Crippen molar-refractivity contribution in [3.63, 3.8) is 0 Å². The Morgan fingerprint density at radius 1 is 1.12 bits per heavy atom. The lowest BCUT2D eigenvalue weighted by Gasteiger charge is -2.21. The number of carboxylic acid groups (broad SMARTS) is 1. The molecule has 1 fully saturated rings. The SMILES string of the molecule is COc1ccc(CCNC(=O)[C@H]2[C@H](C(=O)O)[C@H]3C=C[C@H]2O3)cc1OC. The molecule has 2 heterocycles. The van der Waals surface area contributed by atoms with Crippen molar-refractivity contribution in [1.29, 1.82) is 0 Å². The van der Waals surface area contributed by atoms with Crippen molar-refractivity contribution < 1.29 is 28.9 Å². The van der Waals surface area contributed by atoms with Crippen LogP contribution in [0.15, 0.2) is 30.4 Å². The van der Waals surface area contributed by atoms with E-state index in [0.717, 1.165) is 5.56 Å². The average molecular weight is 347 g/mol. The fourth-order valence-corrected chi connectivity index (χ4v) is 3.40. The number of carboxylic acids is 1. The van der Waals surface area contributed by atoms with Gasteiger partial charge in [0.15, 0.2) is 11.5 Å². The minimum absolute atomic E-state index is 0.287. The number of hydrogen-bond donors (Lipinski definition) is 2. The average Bonchev–Trinajstić information content (AvgIpc) is 3.22. The molecule has 1 amide bonds. The van der Waals surface area contributed by atoms with E-state index < -0.39 is 30.0 Å². The molecule has 1 saturated heterocycles. The van der Waals surface area contributed by atoms with Crippen LogP contribution in [0.4, 0.5) is 0 Å². The molecule has 0 radical (unpaired) electrons. The zero-order valence-electron chi connectivity index (χ0n) is 14.1. The maximum atomic E-state index is 12.4. The van der Waals surface area contributed by atoms with Gasteiger partial charge in [-0.05, 0) is 24.1 Å². The quantitative estimate of drug-likeness (QED) is 0.715. The summed E-state index contributed by atoms with van der Waals surface area (Å²) in [5.74, 6) is -1.52. The zero-order valence-corrected chi connectivity index (χ0v) is 14.1. The van der Waals surface area contributed by atoms with Gasteiger partial charge in [0.05, 0.1) is 32.3 Å². The highest BCUT2D eigenvalue weighted by molar-refractivity contribution is 5.87. The van der Waals surface area contributed by atoms with Crippen molar-refractivity contribution in [2.75, 3.05) is 20.8 Å². The Morgan fingerprint density at radius 2 is 1.80 bits per heavy atom. The van der Waals surface area contributed by atoms with Crippen molar-refractivity contribution >= 4 is 11.9 Å². The third-order valence-corrected chi connectivity index (χ3v) is 4.65. The molecule has 25 heavy (non-hydrogen) atoms. The molecule has 7 nitrogen and oxygen atoms in total. The summed E-state index contributed by atoms with van der Waals surface area (Å²) in [5, 5.41) is 12.2. The summed E-state index contributed by atoms with van der Waals surface area (Å²) < 4.78 is 16.0. The number of aliphatic carboxylic acids is 1. The predicted molar refractivity (Wildman–Crippen MR) is 88.7 cm³/mol. The maximum Gasteiger partial charge on any atom is 0.310 e. The Morgan fingerprint density at radius 3 is 2.44 bits per heavy atom. The Hall–Kier alpha value is -2.54. The first kappa shape index (κ1) is 17.3. The van der Waals surface area contributed by atoms with Crippen LogP contribution in [0, 0.1) is 11.8 Å². The van der Waals surface area contributed by atoms with Gasteiger partial charge in [-0.2, -0.15) is 0 Å². The highest BCUT2D eigenvalue weighted by Crippen LogP contribution is 2.39. The fraction of sp³-hybridized carbons (Fsp3) is 0.444. The Labute approximate surface area is 145 Å². The highest BCUT2D eigenvalue weighted by atomic mass is 16.5. The second-order valence-electron chi connectivity index (χ2n) is 6.07. The molecule has 2 aliphatic rings. The lowest BCUT2D eigenvalue weighted by molar-refractivity contribution is -0.146. The van der Waals surface area contributed by atoms with E-state index in [9.17, 15) is 14.7 Å². The minimum Gasteiger partial charge on any atom is -0.493 e. The summed E-state index contributed by atoms with van der Waals surface area (Å²) >= 11 is 0. The van der Waals surface area contributed by atoms with Gasteiger partial charge >= 0.3 is 5.97 Å². The number of rotatable bonds is 7. The van der Waals surface area contributed by atoms with E-state index in [1.165, 1.54) is 0 Å². The number of nitrogens with one attached hydrogen (secondary N) is 1. The van der Waals surface area contributed by atoms with E-state index >= 15 is 0 Å². The van der Waals surface area contributed by atoms with Gasteiger partial charge in [0.25, 0.3) is 0 Å². The zero-order chi connectivity index (χ0) is 18.0.